The fourth-order valence-corrected chi connectivity index (χ4v) is 4.27. The van der Waals surface area contributed by atoms with Gasteiger partial charge in [-0.15, -0.1) is 4.72 Å². The molecule has 1 aliphatic carbocycles. The average Bonchev–Trinajstić information content (AvgIpc) is 2.96. The second-order valence-corrected chi connectivity index (χ2v) is 9.65. The number of benzene rings is 1. The first kappa shape index (κ1) is 20.0. The molecule has 5 heteroatoms. The minimum Gasteiger partial charge on any atom is -0.598 e. The smallest absolute Gasteiger partial charge is 0.314 e. The van der Waals surface area contributed by atoms with Gasteiger partial charge in [0, 0.05) is 11.4 Å². The van der Waals surface area contributed by atoms with Crippen LogP contribution in [0.2, 0.25) is 0 Å². The lowest BCUT2D eigenvalue weighted by molar-refractivity contribution is -0.155. The fourth-order valence-electron chi connectivity index (χ4n) is 3.32. The van der Waals surface area contributed by atoms with Gasteiger partial charge in [-0.25, -0.2) is 0 Å². The van der Waals surface area contributed by atoms with Crippen molar-refractivity contribution in [3.63, 3.8) is 0 Å². The van der Waals surface area contributed by atoms with Crippen LogP contribution in [0.25, 0.3) is 0 Å². The van der Waals surface area contributed by atoms with E-state index in [1.54, 1.807) is 6.08 Å². The average molecular weight is 364 g/mol. The molecule has 3 atom stereocenters. The molecule has 1 fully saturated rings. The van der Waals surface area contributed by atoms with Crippen LogP contribution < -0.4 is 4.72 Å². The van der Waals surface area contributed by atoms with E-state index >= 15 is 0 Å². The van der Waals surface area contributed by atoms with E-state index in [0.717, 1.165) is 24.8 Å². The summed E-state index contributed by atoms with van der Waals surface area (Å²) in [4.78, 5) is 13.0. The second kappa shape index (κ2) is 8.39. The van der Waals surface area contributed by atoms with Crippen LogP contribution in [0.5, 0.6) is 0 Å². The first-order chi connectivity index (χ1) is 11.8. The number of hydrogen-bond acceptors (Lipinski definition) is 4. The van der Waals surface area contributed by atoms with Crippen LogP contribution in [0.15, 0.2) is 43.0 Å². The Kier molecular flexibility index (Phi) is 6.72. The van der Waals surface area contributed by atoms with E-state index in [2.05, 4.69) is 11.3 Å². The van der Waals surface area contributed by atoms with E-state index in [9.17, 15) is 9.35 Å². The minimum atomic E-state index is -1.23. The molecule has 138 valence electrons. The van der Waals surface area contributed by atoms with Gasteiger partial charge < -0.3 is 9.29 Å². The number of esters is 1. The zero-order valence-corrected chi connectivity index (χ0v) is 16.2. The van der Waals surface area contributed by atoms with Crippen molar-refractivity contribution in [3.8, 4) is 0 Å². The molecule has 1 saturated carbocycles. The van der Waals surface area contributed by atoms with Crippen molar-refractivity contribution in [1.82, 2.24) is 4.72 Å². The number of carbonyl (C=O) groups is 1. The van der Waals surface area contributed by atoms with Crippen LogP contribution in [-0.4, -0.2) is 27.9 Å². The summed E-state index contributed by atoms with van der Waals surface area (Å²) in [6, 6.07) is 9.80. The summed E-state index contributed by atoms with van der Waals surface area (Å²) < 4.78 is 20.9. The summed E-state index contributed by atoms with van der Waals surface area (Å²) in [5.41, 5.74) is 0.402. The Labute approximate surface area is 154 Å². The molecule has 2 rings (SSSR count). The number of nitrogens with one attached hydrogen (secondary N) is 1. The van der Waals surface area contributed by atoms with Gasteiger partial charge in [-0.2, -0.15) is 0 Å². The van der Waals surface area contributed by atoms with Gasteiger partial charge in [-0.3, -0.25) is 4.79 Å². The summed E-state index contributed by atoms with van der Waals surface area (Å²) in [5.74, 6) is -0.225. The van der Waals surface area contributed by atoms with E-state index in [-0.39, 0.29) is 23.4 Å². The summed E-state index contributed by atoms with van der Waals surface area (Å²) in [6.07, 6.45) is 4.63. The summed E-state index contributed by atoms with van der Waals surface area (Å²) in [7, 11) is 0. The molecule has 0 radical (unpaired) electrons. The van der Waals surface area contributed by atoms with Gasteiger partial charge in [0.05, 0.1) is 11.5 Å². The lowest BCUT2D eigenvalue weighted by atomic mass is 9.77. The highest BCUT2D eigenvalue weighted by Gasteiger charge is 2.52. The third kappa shape index (κ3) is 4.87. The van der Waals surface area contributed by atoms with Gasteiger partial charge in [-0.1, -0.05) is 49.4 Å². The number of ether oxygens (including phenoxy) is 1. The standard InChI is InChI=1S/C20H29NO3S/c1-5-14-24-18(22)20(15-16-10-7-6-8-11-16)13-9-12-17(20)21-25(23)19(2,3)4/h5-8,10-11,17,21H,1,9,12-15H2,2-4H3/t17-,20+,25?/m1/s1. The van der Waals surface area contributed by atoms with Crippen molar-refractivity contribution in [1.29, 1.82) is 0 Å². The molecule has 0 aliphatic heterocycles. The maximum absolute atomic E-state index is 13.0. The number of hydrogen-bond donors (Lipinski definition) is 1. The molecule has 25 heavy (non-hydrogen) atoms. The molecule has 0 bridgehead atoms. The van der Waals surface area contributed by atoms with E-state index < -0.39 is 16.8 Å². The fraction of sp³-hybridized carbons (Fsp3) is 0.550. The molecule has 1 aromatic carbocycles. The Morgan fingerprint density at radius 3 is 2.72 bits per heavy atom. The van der Waals surface area contributed by atoms with Gasteiger partial charge in [0.25, 0.3) is 0 Å². The highest BCUT2D eigenvalue weighted by atomic mass is 32.2. The van der Waals surface area contributed by atoms with Crippen molar-refractivity contribution in [2.24, 2.45) is 5.41 Å². The zero-order chi connectivity index (χ0) is 18.5. The lowest BCUT2D eigenvalue weighted by Gasteiger charge is -2.35. The molecular weight excluding hydrogens is 334 g/mol. The van der Waals surface area contributed by atoms with Gasteiger partial charge in [0.15, 0.2) is 0 Å². The van der Waals surface area contributed by atoms with Gasteiger partial charge in [0.1, 0.15) is 11.4 Å². The molecule has 1 unspecified atom stereocenters. The largest absolute Gasteiger partial charge is 0.598 e. The van der Waals surface area contributed by atoms with E-state index in [0.29, 0.717) is 6.42 Å². The molecule has 0 spiro atoms. The van der Waals surface area contributed by atoms with E-state index in [1.807, 2.05) is 51.1 Å². The van der Waals surface area contributed by atoms with Crippen molar-refractivity contribution >= 4 is 17.3 Å². The molecule has 1 aromatic rings. The third-order valence-electron chi connectivity index (χ3n) is 4.69. The normalized spacial score (nSPS) is 24.7. The maximum Gasteiger partial charge on any atom is 0.314 e. The molecule has 0 heterocycles. The topological polar surface area (TPSA) is 61.4 Å². The quantitative estimate of drug-likeness (QED) is 0.457. The van der Waals surface area contributed by atoms with Crippen molar-refractivity contribution < 1.29 is 14.1 Å². The van der Waals surface area contributed by atoms with Crippen molar-refractivity contribution in [2.45, 2.75) is 57.2 Å². The molecular formula is C20H29NO3S. The van der Waals surface area contributed by atoms with E-state index in [4.69, 9.17) is 4.74 Å². The number of rotatable bonds is 7. The molecule has 4 nitrogen and oxygen atoms in total. The molecule has 1 N–H and O–H groups in total. The van der Waals surface area contributed by atoms with Crippen LogP contribution in [0.1, 0.15) is 45.6 Å². The first-order valence-electron chi connectivity index (χ1n) is 8.80. The van der Waals surface area contributed by atoms with Crippen LogP contribution >= 0.6 is 0 Å². The molecule has 0 saturated heterocycles. The van der Waals surface area contributed by atoms with Gasteiger partial charge in [0.2, 0.25) is 0 Å². The highest BCUT2D eigenvalue weighted by molar-refractivity contribution is 7.90. The zero-order valence-electron chi connectivity index (χ0n) is 15.4. The summed E-state index contributed by atoms with van der Waals surface area (Å²) in [6.45, 7) is 9.61. The predicted molar refractivity (Wildman–Crippen MR) is 102 cm³/mol. The van der Waals surface area contributed by atoms with Crippen molar-refractivity contribution in [3.05, 3.63) is 48.6 Å². The van der Waals surface area contributed by atoms with Crippen LogP contribution in [-0.2, 0) is 27.3 Å². The van der Waals surface area contributed by atoms with Gasteiger partial charge in [-0.05, 0) is 45.6 Å². The van der Waals surface area contributed by atoms with Crippen LogP contribution in [0.3, 0.4) is 0 Å². The predicted octanol–water partition coefficient (Wildman–Crippen LogP) is 3.55. The Morgan fingerprint density at radius 1 is 1.44 bits per heavy atom. The Hall–Kier alpha value is -1.30. The molecule has 1 aliphatic rings. The first-order valence-corrected chi connectivity index (χ1v) is 9.95. The van der Waals surface area contributed by atoms with Crippen LogP contribution in [0.4, 0.5) is 0 Å². The third-order valence-corrected chi connectivity index (χ3v) is 6.30. The summed E-state index contributed by atoms with van der Waals surface area (Å²) >= 11 is -1.23. The van der Waals surface area contributed by atoms with E-state index in [1.165, 1.54) is 0 Å². The maximum atomic E-state index is 13.0. The molecule has 0 aromatic heterocycles. The Bertz CT molecular complexity index is 584. The van der Waals surface area contributed by atoms with Crippen molar-refractivity contribution in [2.75, 3.05) is 6.61 Å². The Morgan fingerprint density at radius 2 is 2.12 bits per heavy atom. The van der Waals surface area contributed by atoms with Crippen LogP contribution in [0, 0.1) is 5.41 Å². The highest BCUT2D eigenvalue weighted by Crippen LogP contribution is 2.43. The molecule has 0 amide bonds. The SMILES string of the molecule is C=CCOC(=O)[C@]1(Cc2ccccc2)CCC[C@H]1N[S+]([O-])C(C)(C)C. The lowest BCUT2D eigenvalue weighted by Crippen LogP contribution is -2.53. The van der Waals surface area contributed by atoms with Gasteiger partial charge >= 0.3 is 5.97 Å². The number of carbonyl (C=O) groups excluding carboxylic acids is 1. The monoisotopic (exact) mass is 363 g/mol. The Balaban J connectivity index is 2.28. The summed E-state index contributed by atoms with van der Waals surface area (Å²) in [5, 5.41) is 0. The second-order valence-electron chi connectivity index (χ2n) is 7.65. The minimum absolute atomic E-state index is 0.162.